The van der Waals surface area contributed by atoms with Gasteiger partial charge in [-0.3, -0.25) is 9.78 Å². The fraction of sp³-hybridized carbons (Fsp3) is 0.133. The van der Waals surface area contributed by atoms with Gasteiger partial charge in [0.15, 0.2) is 0 Å². The first-order valence-electron chi connectivity index (χ1n) is 5.98. The smallest absolute Gasteiger partial charge is 0.267 e. The highest BCUT2D eigenvalue weighted by molar-refractivity contribution is 6.00. The molecule has 0 unspecified atom stereocenters. The van der Waals surface area contributed by atoms with Crippen LogP contribution in [-0.2, 0) is 0 Å². The minimum atomic E-state index is -0.214. The number of aromatic nitrogens is 1. The van der Waals surface area contributed by atoms with E-state index < -0.39 is 0 Å². The van der Waals surface area contributed by atoms with Gasteiger partial charge in [0.05, 0.1) is 5.71 Å². The SMILES string of the molecule is C/C(=N\NC(=O)c1ccc(C)cc1)c1ccncc1. The first-order valence-corrected chi connectivity index (χ1v) is 5.98. The number of hydrogen-bond acceptors (Lipinski definition) is 3. The summed E-state index contributed by atoms with van der Waals surface area (Å²) in [5.74, 6) is -0.214. The van der Waals surface area contributed by atoms with E-state index in [0.29, 0.717) is 5.56 Å². The normalized spacial score (nSPS) is 11.2. The zero-order valence-corrected chi connectivity index (χ0v) is 10.9. The second-order valence-corrected chi connectivity index (χ2v) is 4.24. The van der Waals surface area contributed by atoms with E-state index in [9.17, 15) is 4.79 Å². The van der Waals surface area contributed by atoms with E-state index in [1.807, 2.05) is 38.1 Å². The fourth-order valence-electron chi connectivity index (χ4n) is 1.56. The molecule has 1 amide bonds. The summed E-state index contributed by atoms with van der Waals surface area (Å²) in [6.07, 6.45) is 3.38. The van der Waals surface area contributed by atoms with Crippen molar-refractivity contribution in [3.8, 4) is 0 Å². The molecule has 0 aliphatic heterocycles. The Morgan fingerprint density at radius 1 is 1.05 bits per heavy atom. The standard InChI is InChI=1S/C15H15N3O/c1-11-3-5-14(6-4-11)15(19)18-17-12(2)13-7-9-16-10-8-13/h3-10H,1-2H3,(H,18,19)/b17-12+. The Kier molecular flexibility index (Phi) is 4.03. The van der Waals surface area contributed by atoms with E-state index in [0.717, 1.165) is 16.8 Å². The molecule has 0 saturated carbocycles. The van der Waals surface area contributed by atoms with Crippen molar-refractivity contribution in [3.63, 3.8) is 0 Å². The van der Waals surface area contributed by atoms with Crippen LogP contribution in [-0.4, -0.2) is 16.6 Å². The van der Waals surface area contributed by atoms with Crippen molar-refractivity contribution in [2.24, 2.45) is 5.10 Å². The lowest BCUT2D eigenvalue weighted by Gasteiger charge is -2.03. The number of amides is 1. The second-order valence-electron chi connectivity index (χ2n) is 4.24. The summed E-state index contributed by atoms with van der Waals surface area (Å²) in [4.78, 5) is 15.8. The molecule has 1 aromatic heterocycles. The number of pyridine rings is 1. The summed E-state index contributed by atoms with van der Waals surface area (Å²) in [7, 11) is 0. The fourth-order valence-corrected chi connectivity index (χ4v) is 1.56. The van der Waals surface area contributed by atoms with Crippen molar-refractivity contribution >= 4 is 11.6 Å². The summed E-state index contributed by atoms with van der Waals surface area (Å²) in [5.41, 5.74) is 5.93. The van der Waals surface area contributed by atoms with Crippen LogP contribution in [0.2, 0.25) is 0 Å². The topological polar surface area (TPSA) is 54.4 Å². The maximum absolute atomic E-state index is 11.9. The lowest BCUT2D eigenvalue weighted by atomic mass is 10.1. The largest absolute Gasteiger partial charge is 0.271 e. The molecule has 0 saturated heterocycles. The van der Waals surface area contributed by atoms with E-state index >= 15 is 0 Å². The van der Waals surface area contributed by atoms with Crippen molar-refractivity contribution in [1.29, 1.82) is 0 Å². The first-order chi connectivity index (χ1) is 9.16. The van der Waals surface area contributed by atoms with Crippen molar-refractivity contribution in [2.75, 3.05) is 0 Å². The molecule has 1 aromatic carbocycles. The number of nitrogens with one attached hydrogen (secondary N) is 1. The highest BCUT2D eigenvalue weighted by Crippen LogP contribution is 2.03. The zero-order chi connectivity index (χ0) is 13.7. The molecule has 2 rings (SSSR count). The number of carbonyl (C=O) groups is 1. The van der Waals surface area contributed by atoms with E-state index in [-0.39, 0.29) is 5.91 Å². The Hall–Kier alpha value is -2.49. The molecule has 0 fully saturated rings. The molecular weight excluding hydrogens is 238 g/mol. The minimum Gasteiger partial charge on any atom is -0.267 e. The summed E-state index contributed by atoms with van der Waals surface area (Å²) in [5, 5.41) is 4.08. The van der Waals surface area contributed by atoms with Gasteiger partial charge >= 0.3 is 0 Å². The monoisotopic (exact) mass is 253 g/mol. The lowest BCUT2D eigenvalue weighted by molar-refractivity contribution is 0.0955. The number of hydrazone groups is 1. The molecule has 0 spiro atoms. The number of benzene rings is 1. The quantitative estimate of drug-likeness (QED) is 0.675. The summed E-state index contributed by atoms with van der Waals surface area (Å²) in [6.45, 7) is 3.82. The van der Waals surface area contributed by atoms with E-state index in [4.69, 9.17) is 0 Å². The van der Waals surface area contributed by atoms with Gasteiger partial charge in [-0.25, -0.2) is 5.43 Å². The molecule has 0 aliphatic rings. The maximum Gasteiger partial charge on any atom is 0.271 e. The van der Waals surface area contributed by atoms with E-state index in [2.05, 4.69) is 15.5 Å². The number of rotatable bonds is 3. The van der Waals surface area contributed by atoms with Crippen LogP contribution in [0.1, 0.15) is 28.4 Å². The number of carbonyl (C=O) groups excluding carboxylic acids is 1. The first kappa shape index (κ1) is 13.0. The Morgan fingerprint density at radius 3 is 2.32 bits per heavy atom. The van der Waals surface area contributed by atoms with Gasteiger partial charge < -0.3 is 0 Å². The van der Waals surface area contributed by atoms with Crippen LogP contribution in [0.3, 0.4) is 0 Å². The van der Waals surface area contributed by atoms with Crippen molar-refractivity contribution in [3.05, 3.63) is 65.5 Å². The van der Waals surface area contributed by atoms with Crippen molar-refractivity contribution in [1.82, 2.24) is 10.4 Å². The average molecular weight is 253 g/mol. The van der Waals surface area contributed by atoms with Gasteiger partial charge in [-0.1, -0.05) is 17.7 Å². The third-order valence-electron chi connectivity index (χ3n) is 2.74. The van der Waals surface area contributed by atoms with Gasteiger partial charge in [0.25, 0.3) is 5.91 Å². The number of aryl methyl sites for hydroxylation is 1. The molecule has 1 N–H and O–H groups in total. The van der Waals surface area contributed by atoms with Gasteiger partial charge in [-0.2, -0.15) is 5.10 Å². The van der Waals surface area contributed by atoms with Gasteiger partial charge in [0, 0.05) is 23.5 Å². The number of hydrogen-bond donors (Lipinski definition) is 1. The summed E-state index contributed by atoms with van der Waals surface area (Å²) < 4.78 is 0. The molecule has 4 heteroatoms. The van der Waals surface area contributed by atoms with Crippen LogP contribution in [0.15, 0.2) is 53.9 Å². The van der Waals surface area contributed by atoms with Gasteiger partial charge in [-0.15, -0.1) is 0 Å². The Balaban J connectivity index is 2.06. The molecule has 2 aromatic rings. The third-order valence-corrected chi connectivity index (χ3v) is 2.74. The predicted octanol–water partition coefficient (Wildman–Crippen LogP) is 2.54. The van der Waals surface area contributed by atoms with Crippen LogP contribution in [0, 0.1) is 6.92 Å². The Morgan fingerprint density at radius 2 is 1.68 bits per heavy atom. The molecule has 0 atom stereocenters. The predicted molar refractivity (Wildman–Crippen MR) is 75.1 cm³/mol. The average Bonchev–Trinajstić information content (AvgIpc) is 2.46. The highest BCUT2D eigenvalue weighted by atomic mass is 16.2. The van der Waals surface area contributed by atoms with Crippen LogP contribution in [0.4, 0.5) is 0 Å². The van der Waals surface area contributed by atoms with Crippen LogP contribution < -0.4 is 5.43 Å². The highest BCUT2D eigenvalue weighted by Gasteiger charge is 2.04. The maximum atomic E-state index is 11.9. The second kappa shape index (κ2) is 5.91. The van der Waals surface area contributed by atoms with Gasteiger partial charge in [0.1, 0.15) is 0 Å². The summed E-state index contributed by atoms with van der Waals surface area (Å²) >= 11 is 0. The molecular formula is C15H15N3O. The molecule has 4 nitrogen and oxygen atoms in total. The summed E-state index contributed by atoms with van der Waals surface area (Å²) in [6, 6.07) is 11.0. The van der Waals surface area contributed by atoms with E-state index in [1.54, 1.807) is 24.5 Å². The number of nitrogens with zero attached hydrogens (tertiary/aromatic N) is 2. The zero-order valence-electron chi connectivity index (χ0n) is 10.9. The van der Waals surface area contributed by atoms with Crippen molar-refractivity contribution < 1.29 is 4.79 Å². The molecule has 0 radical (unpaired) electrons. The molecule has 19 heavy (non-hydrogen) atoms. The third kappa shape index (κ3) is 3.48. The van der Waals surface area contributed by atoms with Crippen LogP contribution in [0.25, 0.3) is 0 Å². The molecule has 0 aliphatic carbocycles. The Labute approximate surface area is 112 Å². The van der Waals surface area contributed by atoms with Crippen LogP contribution >= 0.6 is 0 Å². The molecule has 0 bridgehead atoms. The van der Waals surface area contributed by atoms with Gasteiger partial charge in [-0.05, 0) is 38.1 Å². The molecule has 1 heterocycles. The van der Waals surface area contributed by atoms with Crippen LogP contribution in [0.5, 0.6) is 0 Å². The lowest BCUT2D eigenvalue weighted by Crippen LogP contribution is -2.19. The molecule has 96 valence electrons. The minimum absolute atomic E-state index is 0.214. The Bertz CT molecular complexity index is 589. The van der Waals surface area contributed by atoms with Crippen molar-refractivity contribution in [2.45, 2.75) is 13.8 Å². The van der Waals surface area contributed by atoms with Gasteiger partial charge in [0.2, 0.25) is 0 Å². The van der Waals surface area contributed by atoms with E-state index in [1.165, 1.54) is 0 Å².